The van der Waals surface area contributed by atoms with E-state index in [-0.39, 0.29) is 17.2 Å². The highest BCUT2D eigenvalue weighted by Crippen LogP contribution is 2.22. The summed E-state index contributed by atoms with van der Waals surface area (Å²) in [7, 11) is 0. The molecule has 0 saturated carbocycles. The molecular formula is C16H24ClNO. The van der Waals surface area contributed by atoms with E-state index in [0.717, 1.165) is 17.5 Å². The molecule has 2 N–H and O–H groups in total. The zero-order valence-corrected chi connectivity index (χ0v) is 13.1. The van der Waals surface area contributed by atoms with E-state index >= 15 is 0 Å². The van der Waals surface area contributed by atoms with E-state index in [1.165, 1.54) is 0 Å². The molecule has 0 saturated heterocycles. The van der Waals surface area contributed by atoms with Gasteiger partial charge in [0.1, 0.15) is 5.78 Å². The minimum atomic E-state index is -0.0725. The number of carbonyl (C=O) groups excluding carboxylic acids is 1. The molecule has 106 valence electrons. The van der Waals surface area contributed by atoms with Gasteiger partial charge in [-0.05, 0) is 36.0 Å². The Bertz CT molecular complexity index is 449. The molecule has 0 bridgehead atoms. The number of nitrogens with two attached hydrogens (primary N) is 1. The molecule has 2 nitrogen and oxygen atoms in total. The van der Waals surface area contributed by atoms with Crippen LogP contribution in [-0.4, -0.2) is 11.8 Å². The largest absolute Gasteiger partial charge is 0.327 e. The van der Waals surface area contributed by atoms with Gasteiger partial charge >= 0.3 is 0 Å². The van der Waals surface area contributed by atoms with Gasteiger partial charge in [0.05, 0.1) is 0 Å². The molecule has 1 unspecified atom stereocenters. The van der Waals surface area contributed by atoms with Gasteiger partial charge in [-0.15, -0.1) is 0 Å². The Kier molecular flexibility index (Phi) is 5.57. The molecule has 0 heterocycles. The van der Waals surface area contributed by atoms with Gasteiger partial charge in [0.15, 0.2) is 0 Å². The Balaban J connectivity index is 2.56. The summed E-state index contributed by atoms with van der Waals surface area (Å²) >= 11 is 6.13. The van der Waals surface area contributed by atoms with Crippen molar-refractivity contribution in [3.05, 3.63) is 34.3 Å². The molecule has 19 heavy (non-hydrogen) atoms. The van der Waals surface area contributed by atoms with Gasteiger partial charge in [0, 0.05) is 23.9 Å². The van der Waals surface area contributed by atoms with Crippen LogP contribution in [0.5, 0.6) is 0 Å². The average Bonchev–Trinajstić information content (AvgIpc) is 2.19. The third-order valence-electron chi connectivity index (χ3n) is 2.96. The van der Waals surface area contributed by atoms with E-state index in [9.17, 15) is 4.79 Å². The number of benzene rings is 1. The van der Waals surface area contributed by atoms with Crippen molar-refractivity contribution in [3.8, 4) is 0 Å². The zero-order chi connectivity index (χ0) is 14.6. The van der Waals surface area contributed by atoms with E-state index in [2.05, 4.69) is 20.8 Å². The van der Waals surface area contributed by atoms with Crippen molar-refractivity contribution in [2.24, 2.45) is 11.1 Å². The SMILES string of the molecule is Cc1ccc(CC(=O)CC(N)CC(C)(C)C)c(Cl)c1. The molecule has 0 radical (unpaired) electrons. The summed E-state index contributed by atoms with van der Waals surface area (Å²) in [5, 5.41) is 0.665. The number of hydrogen-bond acceptors (Lipinski definition) is 2. The Hall–Kier alpha value is -0.860. The van der Waals surface area contributed by atoms with Crippen molar-refractivity contribution in [2.75, 3.05) is 0 Å². The van der Waals surface area contributed by atoms with Gasteiger partial charge in [-0.2, -0.15) is 0 Å². The molecule has 1 aromatic carbocycles. The molecule has 0 aromatic heterocycles. The lowest BCUT2D eigenvalue weighted by Gasteiger charge is -2.22. The summed E-state index contributed by atoms with van der Waals surface area (Å²) in [6, 6.07) is 5.71. The molecule has 1 rings (SSSR count). The summed E-state index contributed by atoms with van der Waals surface area (Å²) in [6.07, 6.45) is 1.64. The smallest absolute Gasteiger partial charge is 0.138 e. The van der Waals surface area contributed by atoms with Gasteiger partial charge in [-0.3, -0.25) is 4.79 Å². The molecular weight excluding hydrogens is 258 g/mol. The number of ketones is 1. The minimum Gasteiger partial charge on any atom is -0.327 e. The fourth-order valence-corrected chi connectivity index (χ4v) is 2.53. The zero-order valence-electron chi connectivity index (χ0n) is 12.3. The summed E-state index contributed by atoms with van der Waals surface area (Å²) < 4.78 is 0. The normalized spacial score (nSPS) is 13.4. The van der Waals surface area contributed by atoms with Crippen LogP contribution in [0.1, 0.15) is 44.7 Å². The molecule has 3 heteroatoms. The van der Waals surface area contributed by atoms with Gasteiger partial charge in [0.25, 0.3) is 0 Å². The first-order chi connectivity index (χ1) is 8.67. The van der Waals surface area contributed by atoms with Crippen molar-refractivity contribution in [1.82, 2.24) is 0 Å². The molecule has 0 spiro atoms. The van der Waals surface area contributed by atoms with Crippen LogP contribution < -0.4 is 5.73 Å². The number of aryl methyl sites for hydroxylation is 1. The van der Waals surface area contributed by atoms with Crippen LogP contribution in [-0.2, 0) is 11.2 Å². The number of Topliss-reactive ketones (excluding diaryl/α,β-unsaturated/α-hetero) is 1. The first kappa shape index (κ1) is 16.2. The molecule has 0 amide bonds. The molecule has 0 fully saturated rings. The Morgan fingerprint density at radius 2 is 2.00 bits per heavy atom. The minimum absolute atomic E-state index is 0.0725. The van der Waals surface area contributed by atoms with Crippen molar-refractivity contribution in [2.45, 2.75) is 53.0 Å². The van der Waals surface area contributed by atoms with Crippen LogP contribution in [0.2, 0.25) is 5.02 Å². The number of halogens is 1. The highest BCUT2D eigenvalue weighted by atomic mass is 35.5. The standard InChI is InChI=1S/C16H24ClNO/c1-11-5-6-12(15(17)7-11)8-14(19)9-13(18)10-16(2,3)4/h5-7,13H,8-10,18H2,1-4H3. The van der Waals surface area contributed by atoms with Gasteiger partial charge in [0.2, 0.25) is 0 Å². The lowest BCUT2D eigenvalue weighted by Crippen LogP contribution is -2.29. The highest BCUT2D eigenvalue weighted by molar-refractivity contribution is 6.31. The maximum Gasteiger partial charge on any atom is 0.138 e. The topological polar surface area (TPSA) is 43.1 Å². The van der Waals surface area contributed by atoms with Crippen LogP contribution in [0.4, 0.5) is 0 Å². The summed E-state index contributed by atoms with van der Waals surface area (Å²) in [5.41, 5.74) is 8.17. The van der Waals surface area contributed by atoms with Crippen molar-refractivity contribution in [3.63, 3.8) is 0 Å². The van der Waals surface area contributed by atoms with Crippen molar-refractivity contribution < 1.29 is 4.79 Å². The van der Waals surface area contributed by atoms with E-state index < -0.39 is 0 Å². The Morgan fingerprint density at radius 1 is 1.37 bits per heavy atom. The summed E-state index contributed by atoms with van der Waals surface area (Å²) in [6.45, 7) is 8.38. The lowest BCUT2D eigenvalue weighted by molar-refractivity contribution is -0.118. The van der Waals surface area contributed by atoms with Crippen LogP contribution >= 0.6 is 11.6 Å². The fourth-order valence-electron chi connectivity index (χ4n) is 2.23. The maximum atomic E-state index is 12.0. The maximum absolute atomic E-state index is 12.0. The Morgan fingerprint density at radius 3 is 2.53 bits per heavy atom. The summed E-state index contributed by atoms with van der Waals surface area (Å²) in [4.78, 5) is 12.0. The van der Waals surface area contributed by atoms with Crippen LogP contribution in [0.25, 0.3) is 0 Å². The second-order valence-electron chi connectivity index (χ2n) is 6.54. The van der Waals surface area contributed by atoms with E-state index in [1.54, 1.807) is 0 Å². The fraction of sp³-hybridized carbons (Fsp3) is 0.562. The first-order valence-corrected chi connectivity index (χ1v) is 7.07. The second-order valence-corrected chi connectivity index (χ2v) is 6.95. The number of hydrogen-bond donors (Lipinski definition) is 1. The molecule has 0 aliphatic carbocycles. The molecule has 0 aliphatic rings. The van der Waals surface area contributed by atoms with E-state index in [1.807, 2.05) is 25.1 Å². The van der Waals surface area contributed by atoms with E-state index in [4.69, 9.17) is 17.3 Å². The van der Waals surface area contributed by atoms with Gasteiger partial charge < -0.3 is 5.73 Å². The second kappa shape index (κ2) is 6.53. The quantitative estimate of drug-likeness (QED) is 0.889. The van der Waals surface area contributed by atoms with E-state index in [0.29, 0.717) is 17.9 Å². The van der Waals surface area contributed by atoms with Crippen LogP contribution in [0, 0.1) is 12.3 Å². The number of rotatable bonds is 5. The van der Waals surface area contributed by atoms with Gasteiger partial charge in [-0.25, -0.2) is 0 Å². The molecule has 0 aliphatic heterocycles. The molecule has 1 atom stereocenters. The van der Waals surface area contributed by atoms with Crippen molar-refractivity contribution in [1.29, 1.82) is 0 Å². The monoisotopic (exact) mass is 281 g/mol. The van der Waals surface area contributed by atoms with Crippen molar-refractivity contribution >= 4 is 17.4 Å². The molecule has 1 aromatic rings. The number of carbonyl (C=O) groups is 1. The van der Waals surface area contributed by atoms with Crippen LogP contribution in [0.15, 0.2) is 18.2 Å². The third kappa shape index (κ3) is 6.22. The van der Waals surface area contributed by atoms with Gasteiger partial charge in [-0.1, -0.05) is 44.5 Å². The summed E-state index contributed by atoms with van der Waals surface area (Å²) in [5.74, 6) is 0.155. The predicted molar refractivity (Wildman–Crippen MR) is 81.6 cm³/mol. The van der Waals surface area contributed by atoms with Crippen LogP contribution in [0.3, 0.4) is 0 Å². The third-order valence-corrected chi connectivity index (χ3v) is 3.31. The average molecular weight is 282 g/mol. The predicted octanol–water partition coefficient (Wildman–Crippen LogP) is 3.91. The lowest BCUT2D eigenvalue weighted by atomic mass is 9.86. The Labute approximate surface area is 121 Å². The first-order valence-electron chi connectivity index (χ1n) is 6.70. The highest BCUT2D eigenvalue weighted by Gasteiger charge is 2.18.